The normalized spacial score (nSPS) is 14.2. The Morgan fingerprint density at radius 2 is 1.46 bits per heavy atom. The second-order valence-electron chi connectivity index (χ2n) is 10.5. The van der Waals surface area contributed by atoms with E-state index in [1.807, 2.05) is 0 Å². The molecule has 1 aromatic rings. The van der Waals surface area contributed by atoms with E-state index >= 15 is 0 Å². The number of benzene rings is 1. The molecular weight excluding hydrogens is 514 g/mol. The van der Waals surface area contributed by atoms with E-state index in [1.54, 1.807) is 24.3 Å². The van der Waals surface area contributed by atoms with Crippen LogP contribution in [0.1, 0.15) is 96.0 Å². The van der Waals surface area contributed by atoms with Crippen LogP contribution in [0.15, 0.2) is 24.3 Å². The summed E-state index contributed by atoms with van der Waals surface area (Å²) in [7, 11) is 0. The average Bonchev–Trinajstić information content (AvgIpc) is 2.92. The molecule has 0 atom stereocenters. The summed E-state index contributed by atoms with van der Waals surface area (Å²) < 4.78 is 16.0. The minimum atomic E-state index is -0.390. The predicted octanol–water partition coefficient (Wildman–Crippen LogP) is 6.17. The lowest BCUT2D eigenvalue weighted by Gasteiger charge is -2.31. The summed E-state index contributed by atoms with van der Waals surface area (Å²) in [6.45, 7) is 6.35. The summed E-state index contributed by atoms with van der Waals surface area (Å²) in [6.07, 6.45) is 12.4. The van der Waals surface area contributed by atoms with Crippen LogP contribution in [-0.2, 0) is 30.3 Å². The van der Waals surface area contributed by atoms with Crippen molar-refractivity contribution in [2.45, 2.75) is 96.8 Å². The van der Waals surface area contributed by atoms with Crippen molar-refractivity contribution in [3.8, 4) is 5.75 Å². The second kappa shape index (κ2) is 20.8. The fourth-order valence-electron chi connectivity index (χ4n) is 4.75. The molecule has 0 radical (unpaired) electrons. The van der Waals surface area contributed by atoms with E-state index in [2.05, 4.69) is 24.5 Å². The molecule has 1 fully saturated rings. The van der Waals surface area contributed by atoms with Crippen LogP contribution in [0.4, 0.5) is 0 Å². The average molecular weight is 564 g/mol. The molecule has 1 aliphatic heterocycles. The first-order valence-electron chi connectivity index (χ1n) is 14.9. The maximum Gasteiger partial charge on any atom is 0.311 e. The lowest BCUT2D eigenvalue weighted by molar-refractivity contribution is -0.144. The summed E-state index contributed by atoms with van der Waals surface area (Å²) in [6, 6.07) is 6.88. The highest BCUT2D eigenvalue weighted by atomic mass is 32.1. The maximum absolute atomic E-state index is 12.2. The van der Waals surface area contributed by atoms with Crippen LogP contribution in [-0.4, -0.2) is 61.4 Å². The number of piperidine rings is 1. The van der Waals surface area contributed by atoms with E-state index < -0.39 is 5.97 Å². The first kappa shape index (κ1) is 33.1. The topological polar surface area (TPSA) is 82.1 Å². The van der Waals surface area contributed by atoms with Crippen LogP contribution in [0, 0.1) is 5.92 Å². The van der Waals surface area contributed by atoms with E-state index in [-0.39, 0.29) is 31.2 Å². The number of esters is 3. The number of carbonyl (C=O) groups excluding carboxylic acids is 3. The third-order valence-electron chi connectivity index (χ3n) is 7.19. The monoisotopic (exact) mass is 563 g/mol. The van der Waals surface area contributed by atoms with E-state index in [1.165, 1.54) is 32.1 Å². The van der Waals surface area contributed by atoms with E-state index in [4.69, 9.17) is 14.2 Å². The highest BCUT2D eigenvalue weighted by Crippen LogP contribution is 2.20. The maximum atomic E-state index is 12.2. The molecule has 7 nitrogen and oxygen atoms in total. The molecule has 220 valence electrons. The molecule has 0 aliphatic carbocycles. The van der Waals surface area contributed by atoms with Crippen LogP contribution in [0.2, 0.25) is 0 Å². The smallest absolute Gasteiger partial charge is 0.311 e. The number of unbranched alkanes of at least 4 members (excludes halogenated alkanes) is 6. The van der Waals surface area contributed by atoms with Gasteiger partial charge in [-0.25, -0.2) is 0 Å². The fraction of sp³-hybridized carbons (Fsp3) is 0.710. The Kier molecular flexibility index (Phi) is 17.7. The Balaban J connectivity index is 1.51. The van der Waals surface area contributed by atoms with Crippen molar-refractivity contribution >= 4 is 30.5 Å². The highest BCUT2D eigenvalue weighted by molar-refractivity contribution is 7.80. The molecule has 0 aromatic heterocycles. The van der Waals surface area contributed by atoms with Gasteiger partial charge in [-0.2, -0.15) is 12.6 Å². The quantitative estimate of drug-likeness (QED) is 0.0879. The molecule has 1 saturated heterocycles. The lowest BCUT2D eigenvalue weighted by Crippen LogP contribution is -2.35. The van der Waals surface area contributed by atoms with Gasteiger partial charge < -0.3 is 19.1 Å². The molecule has 39 heavy (non-hydrogen) atoms. The third-order valence-corrected chi connectivity index (χ3v) is 7.39. The van der Waals surface area contributed by atoms with E-state index in [9.17, 15) is 14.4 Å². The van der Waals surface area contributed by atoms with Gasteiger partial charge in [-0.15, -0.1) is 0 Å². The first-order valence-corrected chi connectivity index (χ1v) is 15.6. The number of carbonyl (C=O) groups is 3. The van der Waals surface area contributed by atoms with Crippen molar-refractivity contribution in [1.82, 2.24) is 4.90 Å². The Morgan fingerprint density at radius 1 is 0.821 bits per heavy atom. The van der Waals surface area contributed by atoms with Crippen molar-refractivity contribution in [1.29, 1.82) is 0 Å². The number of ether oxygens (including phenoxy) is 3. The fourth-order valence-corrected chi connectivity index (χ4v) is 5.03. The van der Waals surface area contributed by atoms with Gasteiger partial charge in [-0.1, -0.05) is 57.6 Å². The first-order chi connectivity index (χ1) is 19.0. The summed E-state index contributed by atoms with van der Waals surface area (Å²) in [4.78, 5) is 38.6. The summed E-state index contributed by atoms with van der Waals surface area (Å²) in [5, 5.41) is 0. The second-order valence-corrected chi connectivity index (χ2v) is 11.0. The van der Waals surface area contributed by atoms with E-state index in [0.717, 1.165) is 63.1 Å². The van der Waals surface area contributed by atoms with Crippen molar-refractivity contribution in [2.24, 2.45) is 5.92 Å². The number of hydrogen-bond donors (Lipinski definition) is 1. The zero-order valence-corrected chi connectivity index (χ0v) is 24.8. The van der Waals surface area contributed by atoms with Crippen LogP contribution in [0.3, 0.4) is 0 Å². The summed E-state index contributed by atoms with van der Waals surface area (Å²) in [5.41, 5.74) is 0.809. The molecule has 0 N–H and O–H groups in total. The van der Waals surface area contributed by atoms with Crippen molar-refractivity contribution in [2.75, 3.05) is 38.6 Å². The number of nitrogens with zero attached hydrogens (tertiary/aromatic N) is 1. The minimum Gasteiger partial charge on any atom is -0.466 e. The minimum absolute atomic E-state index is 0.148. The summed E-state index contributed by atoms with van der Waals surface area (Å²) >= 11 is 4.30. The van der Waals surface area contributed by atoms with Gasteiger partial charge in [0.05, 0.1) is 19.6 Å². The number of likely N-dealkylation sites (tertiary alicyclic amines) is 1. The Morgan fingerprint density at radius 3 is 2.15 bits per heavy atom. The van der Waals surface area contributed by atoms with Gasteiger partial charge in [0.1, 0.15) is 5.75 Å². The van der Waals surface area contributed by atoms with Gasteiger partial charge >= 0.3 is 17.9 Å². The number of hydrogen-bond acceptors (Lipinski definition) is 8. The lowest BCUT2D eigenvalue weighted by atomic mass is 9.94. The molecule has 2 rings (SSSR count). The van der Waals surface area contributed by atoms with Crippen molar-refractivity contribution < 1.29 is 28.6 Å². The van der Waals surface area contributed by atoms with Gasteiger partial charge in [-0.05, 0) is 68.8 Å². The van der Waals surface area contributed by atoms with Gasteiger partial charge in [0.2, 0.25) is 0 Å². The largest absolute Gasteiger partial charge is 0.466 e. The number of rotatable bonds is 20. The molecule has 0 unspecified atom stereocenters. The highest BCUT2D eigenvalue weighted by Gasteiger charge is 2.19. The SMILES string of the molecule is CCCCCCCCCOC(=O)CCCC(=O)Oc1ccc(CC(=O)OCCC2CCN(CCS)CC2)cc1. The van der Waals surface area contributed by atoms with Crippen molar-refractivity contribution in [3.05, 3.63) is 29.8 Å². The van der Waals surface area contributed by atoms with Gasteiger partial charge in [-0.3, -0.25) is 14.4 Å². The van der Waals surface area contributed by atoms with Crippen LogP contribution >= 0.6 is 12.6 Å². The Labute approximate surface area is 240 Å². The molecule has 0 bridgehead atoms. The molecule has 0 spiro atoms. The van der Waals surface area contributed by atoms with Gasteiger partial charge in [0.15, 0.2) is 0 Å². The van der Waals surface area contributed by atoms with Crippen molar-refractivity contribution in [3.63, 3.8) is 0 Å². The zero-order chi connectivity index (χ0) is 28.1. The van der Waals surface area contributed by atoms with Gasteiger partial charge in [0.25, 0.3) is 0 Å². The number of thiol groups is 1. The molecular formula is C31H49NO6S. The molecule has 0 amide bonds. The van der Waals surface area contributed by atoms with Crippen LogP contribution < -0.4 is 4.74 Å². The third kappa shape index (κ3) is 16.0. The molecule has 8 heteroatoms. The summed E-state index contributed by atoms with van der Waals surface area (Å²) in [5.74, 6) is 1.03. The zero-order valence-electron chi connectivity index (χ0n) is 23.9. The van der Waals surface area contributed by atoms with Crippen LogP contribution in [0.5, 0.6) is 5.75 Å². The molecule has 0 saturated carbocycles. The van der Waals surface area contributed by atoms with Crippen LogP contribution in [0.25, 0.3) is 0 Å². The Bertz CT molecular complexity index is 823. The molecule has 1 aliphatic rings. The Hall–Kier alpha value is -2.06. The standard InChI is InChI=1S/C31H49NO6S/c1-2-3-4-5-6-7-8-22-36-29(33)10-9-11-30(34)38-28-14-12-27(13-15-28)25-31(35)37-23-18-26-16-19-32(20-17-26)21-24-39/h12-15,26,39H,2-11,16-25H2,1H3. The molecule has 1 heterocycles. The van der Waals surface area contributed by atoms with Gasteiger partial charge in [0, 0.05) is 25.1 Å². The molecule has 1 aromatic carbocycles. The predicted molar refractivity (Wildman–Crippen MR) is 157 cm³/mol. The van der Waals surface area contributed by atoms with E-state index in [0.29, 0.717) is 31.3 Å².